The van der Waals surface area contributed by atoms with Crippen LogP contribution in [0.3, 0.4) is 0 Å². The van der Waals surface area contributed by atoms with Gasteiger partial charge < -0.3 is 20.1 Å². The fourth-order valence-electron chi connectivity index (χ4n) is 2.90. The molecule has 7 heteroatoms. The molecule has 1 saturated heterocycles. The van der Waals surface area contributed by atoms with Crippen LogP contribution >= 0.6 is 0 Å². The van der Waals surface area contributed by atoms with Crippen molar-refractivity contribution >= 4 is 18.0 Å². The maximum Gasteiger partial charge on any atom is 0.408 e. The molecule has 1 rings (SSSR count). The third kappa shape index (κ3) is 5.92. The van der Waals surface area contributed by atoms with E-state index in [0.29, 0.717) is 19.3 Å². The number of nitrogens with one attached hydrogen (secondary N) is 1. The van der Waals surface area contributed by atoms with Gasteiger partial charge >= 0.3 is 12.1 Å². The Labute approximate surface area is 148 Å². The fourth-order valence-corrected chi connectivity index (χ4v) is 2.90. The van der Waals surface area contributed by atoms with E-state index < -0.39 is 35.7 Å². The summed E-state index contributed by atoms with van der Waals surface area (Å²) >= 11 is 0. The van der Waals surface area contributed by atoms with Crippen LogP contribution in [0.5, 0.6) is 0 Å². The molecule has 1 aliphatic rings. The summed E-state index contributed by atoms with van der Waals surface area (Å²) in [6, 6.07) is -2.05. The van der Waals surface area contributed by atoms with E-state index >= 15 is 0 Å². The Bertz CT molecular complexity index is 538. The van der Waals surface area contributed by atoms with E-state index in [4.69, 9.17) is 4.74 Å². The summed E-state index contributed by atoms with van der Waals surface area (Å²) in [5, 5.41) is 11.9. The molecule has 1 aliphatic heterocycles. The smallest absolute Gasteiger partial charge is 0.408 e. The zero-order valence-corrected chi connectivity index (χ0v) is 15.2. The van der Waals surface area contributed by atoms with Crippen molar-refractivity contribution in [3.63, 3.8) is 0 Å². The van der Waals surface area contributed by atoms with Gasteiger partial charge in [0.15, 0.2) is 0 Å². The van der Waals surface area contributed by atoms with E-state index in [-0.39, 0.29) is 12.5 Å². The van der Waals surface area contributed by atoms with Crippen LogP contribution in [-0.4, -0.2) is 51.7 Å². The molecule has 3 atom stereocenters. The number of hydrogen-bond donors (Lipinski definition) is 2. The number of carboxylic acid groups (broad SMARTS) is 1. The second-order valence-electron chi connectivity index (χ2n) is 7.08. The standard InChI is InChI=1S/C18H28N2O5/c1-6-8-12-10-11-14(16(22)23)20(12)15(21)13(9-7-2)19-17(24)25-18(3,4)5/h6-7,12-14H,1-2,8-11H2,3-5H3,(H,19,24)(H,22,23)/t12?,13-,14?/m0/s1. The number of nitrogens with zero attached hydrogens (tertiary/aromatic N) is 1. The molecule has 2 N–H and O–H groups in total. The largest absolute Gasteiger partial charge is 0.480 e. The van der Waals surface area contributed by atoms with Gasteiger partial charge in [-0.1, -0.05) is 12.2 Å². The van der Waals surface area contributed by atoms with Crippen molar-refractivity contribution < 1.29 is 24.2 Å². The lowest BCUT2D eigenvalue weighted by molar-refractivity contribution is -0.150. The van der Waals surface area contributed by atoms with Crippen molar-refractivity contribution in [1.82, 2.24) is 10.2 Å². The first kappa shape index (κ1) is 20.7. The number of alkyl carbamates (subject to hydrolysis) is 1. The second-order valence-corrected chi connectivity index (χ2v) is 7.08. The average molecular weight is 352 g/mol. The first-order chi connectivity index (χ1) is 11.6. The second kappa shape index (κ2) is 8.69. The summed E-state index contributed by atoms with van der Waals surface area (Å²) < 4.78 is 5.19. The van der Waals surface area contributed by atoms with Crippen molar-refractivity contribution in [2.24, 2.45) is 0 Å². The highest BCUT2D eigenvalue weighted by molar-refractivity contribution is 5.90. The third-order valence-electron chi connectivity index (χ3n) is 3.87. The molecule has 7 nitrogen and oxygen atoms in total. The highest BCUT2D eigenvalue weighted by Crippen LogP contribution is 2.28. The van der Waals surface area contributed by atoms with E-state index in [2.05, 4.69) is 18.5 Å². The minimum absolute atomic E-state index is 0.182. The summed E-state index contributed by atoms with van der Waals surface area (Å²) in [4.78, 5) is 37.8. The van der Waals surface area contributed by atoms with Crippen molar-refractivity contribution in [2.75, 3.05) is 0 Å². The van der Waals surface area contributed by atoms with Crippen LogP contribution < -0.4 is 5.32 Å². The number of ether oxygens (including phenoxy) is 1. The van der Waals surface area contributed by atoms with Gasteiger partial charge in [-0.25, -0.2) is 9.59 Å². The lowest BCUT2D eigenvalue weighted by Gasteiger charge is -2.32. The minimum Gasteiger partial charge on any atom is -0.480 e. The van der Waals surface area contributed by atoms with Crippen molar-refractivity contribution in [2.45, 2.75) is 70.2 Å². The monoisotopic (exact) mass is 352 g/mol. The van der Waals surface area contributed by atoms with Crippen LogP contribution in [0.15, 0.2) is 25.3 Å². The Balaban J connectivity index is 2.97. The molecule has 140 valence electrons. The highest BCUT2D eigenvalue weighted by atomic mass is 16.6. The Morgan fingerprint density at radius 1 is 1.28 bits per heavy atom. The van der Waals surface area contributed by atoms with Gasteiger partial charge in [0.2, 0.25) is 5.91 Å². The lowest BCUT2D eigenvalue weighted by Crippen LogP contribution is -2.54. The molecule has 0 spiro atoms. The quantitative estimate of drug-likeness (QED) is 0.686. The van der Waals surface area contributed by atoms with Gasteiger partial charge in [0, 0.05) is 6.04 Å². The Morgan fingerprint density at radius 3 is 2.40 bits per heavy atom. The lowest BCUT2D eigenvalue weighted by atomic mass is 10.1. The number of likely N-dealkylation sites (tertiary alicyclic amines) is 1. The van der Waals surface area contributed by atoms with Crippen LogP contribution in [0, 0.1) is 0 Å². The highest BCUT2D eigenvalue weighted by Gasteiger charge is 2.42. The molecule has 0 bridgehead atoms. The molecular weight excluding hydrogens is 324 g/mol. The molecule has 0 saturated carbocycles. The predicted molar refractivity (Wildman–Crippen MR) is 94.1 cm³/mol. The zero-order valence-electron chi connectivity index (χ0n) is 15.2. The molecule has 0 aromatic rings. The molecule has 0 aliphatic carbocycles. The van der Waals surface area contributed by atoms with Crippen molar-refractivity contribution in [3.8, 4) is 0 Å². The van der Waals surface area contributed by atoms with Gasteiger partial charge in [-0.3, -0.25) is 4.79 Å². The molecule has 0 aromatic carbocycles. The Hall–Kier alpha value is -2.31. The SMILES string of the molecule is C=CCC1CCC(C(=O)O)N1C(=O)[C@H](CC=C)NC(=O)OC(C)(C)C. The number of amides is 2. The normalized spacial score (nSPS) is 21.3. The molecule has 0 aromatic heterocycles. The number of carbonyl (C=O) groups is 3. The van der Waals surface area contributed by atoms with Crippen molar-refractivity contribution in [3.05, 3.63) is 25.3 Å². The molecule has 0 radical (unpaired) electrons. The van der Waals surface area contributed by atoms with Crippen molar-refractivity contribution in [1.29, 1.82) is 0 Å². The summed E-state index contributed by atoms with van der Waals surface area (Å²) in [6.45, 7) is 12.4. The van der Waals surface area contributed by atoms with Crippen LogP contribution in [0.25, 0.3) is 0 Å². The number of aliphatic carboxylic acids is 1. The number of hydrogen-bond acceptors (Lipinski definition) is 4. The molecule has 1 fully saturated rings. The van der Waals surface area contributed by atoms with Crippen LogP contribution in [0.1, 0.15) is 46.5 Å². The van der Waals surface area contributed by atoms with Gasteiger partial charge in [-0.2, -0.15) is 0 Å². The third-order valence-corrected chi connectivity index (χ3v) is 3.87. The maximum atomic E-state index is 12.9. The average Bonchev–Trinajstić information content (AvgIpc) is 2.88. The minimum atomic E-state index is -1.05. The maximum absolute atomic E-state index is 12.9. The fraction of sp³-hybridized carbons (Fsp3) is 0.611. The first-order valence-corrected chi connectivity index (χ1v) is 8.37. The zero-order chi connectivity index (χ0) is 19.2. The predicted octanol–water partition coefficient (Wildman–Crippen LogP) is 2.48. The Kier molecular flexibility index (Phi) is 7.21. The van der Waals surface area contributed by atoms with Gasteiger partial charge in [0.05, 0.1) is 0 Å². The van der Waals surface area contributed by atoms with E-state index in [1.165, 1.54) is 11.0 Å². The topological polar surface area (TPSA) is 95.9 Å². The van der Waals surface area contributed by atoms with Crippen LogP contribution in [0.4, 0.5) is 4.79 Å². The summed E-state index contributed by atoms with van der Waals surface area (Å²) in [6.07, 6.45) is 4.10. The van der Waals surface area contributed by atoms with E-state index in [1.54, 1.807) is 26.8 Å². The Morgan fingerprint density at radius 2 is 1.92 bits per heavy atom. The van der Waals surface area contributed by atoms with E-state index in [9.17, 15) is 19.5 Å². The number of rotatable bonds is 7. The summed E-state index contributed by atoms with van der Waals surface area (Å²) in [7, 11) is 0. The van der Waals surface area contributed by atoms with Crippen LogP contribution in [0.2, 0.25) is 0 Å². The van der Waals surface area contributed by atoms with Gasteiger partial charge in [-0.05, 0) is 46.5 Å². The molecular formula is C18H28N2O5. The van der Waals surface area contributed by atoms with E-state index in [0.717, 1.165) is 0 Å². The molecule has 2 unspecified atom stereocenters. The molecule has 1 heterocycles. The first-order valence-electron chi connectivity index (χ1n) is 8.37. The van der Waals surface area contributed by atoms with Crippen LogP contribution in [-0.2, 0) is 14.3 Å². The molecule has 2 amide bonds. The summed E-state index contributed by atoms with van der Waals surface area (Å²) in [5.74, 6) is -1.49. The van der Waals surface area contributed by atoms with Gasteiger partial charge in [0.1, 0.15) is 17.7 Å². The summed E-state index contributed by atoms with van der Waals surface area (Å²) in [5.41, 5.74) is -0.700. The molecule has 25 heavy (non-hydrogen) atoms. The van der Waals surface area contributed by atoms with Gasteiger partial charge in [-0.15, -0.1) is 13.2 Å². The van der Waals surface area contributed by atoms with Gasteiger partial charge in [0.25, 0.3) is 0 Å². The number of carbonyl (C=O) groups excluding carboxylic acids is 2. The van der Waals surface area contributed by atoms with E-state index in [1.807, 2.05) is 0 Å². The number of carboxylic acids is 1.